The highest BCUT2D eigenvalue weighted by molar-refractivity contribution is 6.17. The van der Waals surface area contributed by atoms with E-state index in [0.29, 0.717) is 0 Å². The highest BCUT2D eigenvalue weighted by Crippen LogP contribution is 2.44. The number of nitrogens with zero attached hydrogens (tertiary/aromatic N) is 1. The average Bonchev–Trinajstić information content (AvgIpc) is 2.33. The molecule has 1 nitrogen and oxygen atoms in total. The molecule has 2 heteroatoms. The van der Waals surface area contributed by atoms with Gasteiger partial charge in [0.05, 0.1) is 0 Å². The van der Waals surface area contributed by atoms with Gasteiger partial charge >= 0.3 is 0 Å². The van der Waals surface area contributed by atoms with Gasteiger partial charge in [-0.15, -0.1) is 11.6 Å². The molecule has 1 aliphatic heterocycles. The second-order valence-corrected chi connectivity index (χ2v) is 6.18. The van der Waals surface area contributed by atoms with Crippen molar-refractivity contribution in [2.75, 3.05) is 25.5 Å². The molecule has 0 aromatic carbocycles. The Morgan fingerprint density at radius 1 is 0.875 bits per heavy atom. The standard InChI is InChI=1S/C14H26ClN/c15-10-4-5-11-16-12-8-14(9-13-16)6-2-1-3-7-14/h1-13H2. The van der Waals surface area contributed by atoms with Crippen LogP contribution in [0.2, 0.25) is 0 Å². The SMILES string of the molecule is ClCCCCN1CCC2(CCCCC2)CC1. The maximum Gasteiger partial charge on any atom is 0.0223 e. The van der Waals surface area contributed by atoms with Gasteiger partial charge in [0.1, 0.15) is 0 Å². The Hall–Kier alpha value is 0.250. The Morgan fingerprint density at radius 2 is 1.56 bits per heavy atom. The van der Waals surface area contributed by atoms with Crippen molar-refractivity contribution in [1.29, 1.82) is 0 Å². The number of rotatable bonds is 4. The molecular formula is C14H26ClN. The molecule has 2 fully saturated rings. The van der Waals surface area contributed by atoms with Gasteiger partial charge in [0, 0.05) is 5.88 Å². The predicted molar refractivity (Wildman–Crippen MR) is 71.1 cm³/mol. The van der Waals surface area contributed by atoms with Gasteiger partial charge in [0.15, 0.2) is 0 Å². The predicted octanol–water partition coefficient (Wildman–Crippen LogP) is 4.05. The van der Waals surface area contributed by atoms with E-state index >= 15 is 0 Å². The summed E-state index contributed by atoms with van der Waals surface area (Å²) in [4.78, 5) is 2.66. The minimum atomic E-state index is 0.765. The van der Waals surface area contributed by atoms with Crippen molar-refractivity contribution in [3.63, 3.8) is 0 Å². The molecule has 0 unspecified atom stereocenters. The van der Waals surface area contributed by atoms with Crippen LogP contribution in [0.15, 0.2) is 0 Å². The molecule has 1 saturated heterocycles. The van der Waals surface area contributed by atoms with E-state index < -0.39 is 0 Å². The topological polar surface area (TPSA) is 3.24 Å². The Morgan fingerprint density at radius 3 is 2.19 bits per heavy atom. The van der Waals surface area contributed by atoms with Crippen LogP contribution in [0.25, 0.3) is 0 Å². The highest BCUT2D eigenvalue weighted by atomic mass is 35.5. The monoisotopic (exact) mass is 243 g/mol. The fourth-order valence-corrected chi connectivity index (χ4v) is 3.67. The molecule has 16 heavy (non-hydrogen) atoms. The molecule has 1 aliphatic carbocycles. The first-order valence-corrected chi connectivity index (χ1v) is 7.66. The number of halogens is 1. The molecular weight excluding hydrogens is 218 g/mol. The van der Waals surface area contributed by atoms with Gasteiger partial charge in [-0.25, -0.2) is 0 Å². The van der Waals surface area contributed by atoms with E-state index in [1.807, 2.05) is 0 Å². The molecule has 0 radical (unpaired) electrons. The van der Waals surface area contributed by atoms with Crippen molar-refractivity contribution in [2.24, 2.45) is 5.41 Å². The van der Waals surface area contributed by atoms with E-state index in [2.05, 4.69) is 4.90 Å². The molecule has 94 valence electrons. The number of likely N-dealkylation sites (tertiary alicyclic amines) is 1. The first kappa shape index (κ1) is 12.7. The summed E-state index contributed by atoms with van der Waals surface area (Å²) < 4.78 is 0. The number of hydrogen-bond acceptors (Lipinski definition) is 1. The minimum Gasteiger partial charge on any atom is -0.303 e. The van der Waals surface area contributed by atoms with Crippen LogP contribution in [-0.2, 0) is 0 Å². The zero-order valence-electron chi connectivity index (χ0n) is 10.5. The summed E-state index contributed by atoms with van der Waals surface area (Å²) in [5, 5.41) is 0. The normalized spacial score (nSPS) is 26.1. The molecule has 0 atom stereocenters. The lowest BCUT2D eigenvalue weighted by molar-refractivity contribution is 0.0672. The fraction of sp³-hybridized carbons (Fsp3) is 1.00. The first-order valence-electron chi connectivity index (χ1n) is 7.13. The van der Waals surface area contributed by atoms with Crippen molar-refractivity contribution in [2.45, 2.75) is 57.8 Å². The third kappa shape index (κ3) is 3.37. The van der Waals surface area contributed by atoms with Crippen LogP contribution in [0.5, 0.6) is 0 Å². The molecule has 0 bridgehead atoms. The molecule has 1 spiro atoms. The van der Waals surface area contributed by atoms with Gasteiger partial charge in [-0.1, -0.05) is 19.3 Å². The zero-order valence-corrected chi connectivity index (χ0v) is 11.3. The summed E-state index contributed by atoms with van der Waals surface area (Å²) in [6.07, 6.45) is 12.9. The number of hydrogen-bond donors (Lipinski definition) is 0. The van der Waals surface area contributed by atoms with E-state index in [1.54, 1.807) is 0 Å². The molecule has 1 saturated carbocycles. The summed E-state index contributed by atoms with van der Waals surface area (Å²) in [6.45, 7) is 3.98. The summed E-state index contributed by atoms with van der Waals surface area (Å²) in [5.41, 5.74) is 0.765. The third-order valence-electron chi connectivity index (χ3n) is 4.69. The summed E-state index contributed by atoms with van der Waals surface area (Å²) in [6, 6.07) is 0. The van der Waals surface area contributed by atoms with E-state index in [1.165, 1.54) is 77.4 Å². The lowest BCUT2D eigenvalue weighted by Gasteiger charge is -2.44. The lowest BCUT2D eigenvalue weighted by Crippen LogP contribution is -2.41. The van der Waals surface area contributed by atoms with Crippen molar-refractivity contribution < 1.29 is 0 Å². The Labute approximate surface area is 106 Å². The largest absolute Gasteiger partial charge is 0.303 e. The van der Waals surface area contributed by atoms with Gasteiger partial charge in [0.2, 0.25) is 0 Å². The minimum absolute atomic E-state index is 0.765. The van der Waals surface area contributed by atoms with Crippen molar-refractivity contribution in [3.05, 3.63) is 0 Å². The van der Waals surface area contributed by atoms with Crippen LogP contribution in [0.4, 0.5) is 0 Å². The quantitative estimate of drug-likeness (QED) is 0.532. The van der Waals surface area contributed by atoms with Crippen LogP contribution >= 0.6 is 11.6 Å². The van der Waals surface area contributed by atoms with E-state index in [9.17, 15) is 0 Å². The molecule has 0 aromatic rings. The Balaban J connectivity index is 1.69. The van der Waals surface area contributed by atoms with Crippen LogP contribution in [0.3, 0.4) is 0 Å². The molecule has 0 aromatic heterocycles. The number of unbranched alkanes of at least 4 members (excludes halogenated alkanes) is 1. The second kappa shape index (κ2) is 6.26. The molecule has 0 amide bonds. The van der Waals surface area contributed by atoms with Gasteiger partial charge in [-0.3, -0.25) is 0 Å². The van der Waals surface area contributed by atoms with Crippen LogP contribution in [0, 0.1) is 5.41 Å². The van der Waals surface area contributed by atoms with E-state index in [0.717, 1.165) is 11.3 Å². The average molecular weight is 244 g/mol. The zero-order chi connectivity index (χ0) is 11.3. The van der Waals surface area contributed by atoms with Gasteiger partial charge in [-0.05, 0) is 63.6 Å². The maximum absolute atomic E-state index is 5.72. The second-order valence-electron chi connectivity index (χ2n) is 5.80. The summed E-state index contributed by atoms with van der Waals surface area (Å²) >= 11 is 5.72. The number of piperidine rings is 1. The van der Waals surface area contributed by atoms with Crippen LogP contribution in [-0.4, -0.2) is 30.4 Å². The van der Waals surface area contributed by atoms with Gasteiger partial charge in [0.25, 0.3) is 0 Å². The summed E-state index contributed by atoms with van der Waals surface area (Å²) in [5.74, 6) is 0.831. The molecule has 2 aliphatic rings. The first-order chi connectivity index (χ1) is 7.85. The number of alkyl halides is 1. The summed E-state index contributed by atoms with van der Waals surface area (Å²) in [7, 11) is 0. The fourth-order valence-electron chi connectivity index (χ4n) is 3.48. The smallest absolute Gasteiger partial charge is 0.0223 e. The Kier molecular flexibility index (Phi) is 4.97. The van der Waals surface area contributed by atoms with Gasteiger partial charge < -0.3 is 4.90 Å². The molecule has 1 heterocycles. The van der Waals surface area contributed by atoms with E-state index in [-0.39, 0.29) is 0 Å². The highest BCUT2D eigenvalue weighted by Gasteiger charge is 2.34. The maximum atomic E-state index is 5.72. The molecule has 2 rings (SSSR count). The molecule has 0 N–H and O–H groups in total. The lowest BCUT2D eigenvalue weighted by atomic mass is 9.68. The van der Waals surface area contributed by atoms with Crippen LogP contribution in [0.1, 0.15) is 57.8 Å². The van der Waals surface area contributed by atoms with Crippen LogP contribution < -0.4 is 0 Å². The third-order valence-corrected chi connectivity index (χ3v) is 4.96. The van der Waals surface area contributed by atoms with Gasteiger partial charge in [-0.2, -0.15) is 0 Å². The Bertz CT molecular complexity index is 189. The van der Waals surface area contributed by atoms with Crippen molar-refractivity contribution in [3.8, 4) is 0 Å². The van der Waals surface area contributed by atoms with Crippen molar-refractivity contribution in [1.82, 2.24) is 4.90 Å². The van der Waals surface area contributed by atoms with Crippen molar-refractivity contribution >= 4 is 11.6 Å². The van der Waals surface area contributed by atoms with E-state index in [4.69, 9.17) is 11.6 Å².